The van der Waals surface area contributed by atoms with Crippen molar-refractivity contribution in [1.29, 1.82) is 0 Å². The predicted molar refractivity (Wildman–Crippen MR) is 58.8 cm³/mol. The first-order chi connectivity index (χ1) is 7.22. The molecule has 2 N–H and O–H groups in total. The van der Waals surface area contributed by atoms with E-state index < -0.39 is 0 Å². The number of fused-ring (bicyclic) bond motifs is 1. The second kappa shape index (κ2) is 4.21. The van der Waals surface area contributed by atoms with E-state index in [2.05, 4.69) is 6.07 Å². The monoisotopic (exact) mass is 207 g/mol. The van der Waals surface area contributed by atoms with Crippen molar-refractivity contribution < 1.29 is 9.47 Å². The third-order valence-electron chi connectivity index (χ3n) is 2.74. The smallest absolute Gasteiger partial charge is 0.122 e. The molecule has 1 aliphatic heterocycles. The Labute approximate surface area is 90.2 Å². The highest BCUT2D eigenvalue weighted by atomic mass is 16.5. The van der Waals surface area contributed by atoms with Crippen LogP contribution in [0.4, 0.5) is 0 Å². The topological polar surface area (TPSA) is 44.5 Å². The van der Waals surface area contributed by atoms with Crippen LogP contribution in [-0.4, -0.2) is 13.2 Å². The molecule has 3 heteroatoms. The van der Waals surface area contributed by atoms with Gasteiger partial charge in [-0.3, -0.25) is 0 Å². The summed E-state index contributed by atoms with van der Waals surface area (Å²) in [6, 6.07) is 4.22. The Morgan fingerprint density at radius 1 is 1.47 bits per heavy atom. The Bertz CT molecular complexity index is 361. The lowest BCUT2D eigenvalue weighted by molar-refractivity contribution is 0.134. The Morgan fingerprint density at radius 3 is 2.93 bits per heavy atom. The molecule has 0 saturated heterocycles. The van der Waals surface area contributed by atoms with Gasteiger partial charge in [0.2, 0.25) is 0 Å². The summed E-state index contributed by atoms with van der Waals surface area (Å²) in [6.07, 6.45) is 0.843. The van der Waals surface area contributed by atoms with Crippen LogP contribution >= 0.6 is 0 Å². The molecule has 1 heterocycles. The second-order valence-corrected chi connectivity index (χ2v) is 4.06. The summed E-state index contributed by atoms with van der Waals surface area (Å²) in [7, 11) is 1.70. The third kappa shape index (κ3) is 1.98. The van der Waals surface area contributed by atoms with Crippen LogP contribution in [-0.2, 0) is 24.4 Å². The van der Waals surface area contributed by atoms with Gasteiger partial charge in [-0.25, -0.2) is 0 Å². The summed E-state index contributed by atoms with van der Waals surface area (Å²) < 4.78 is 10.8. The molecule has 0 saturated carbocycles. The average molecular weight is 207 g/mol. The van der Waals surface area contributed by atoms with E-state index in [1.54, 1.807) is 7.11 Å². The molecule has 1 aliphatic rings. The first-order valence-electron chi connectivity index (χ1n) is 5.23. The normalized spacial score (nSPS) is 16.2. The summed E-state index contributed by atoms with van der Waals surface area (Å²) in [4.78, 5) is 0. The lowest BCUT2D eigenvalue weighted by atomic mass is 9.97. The van der Waals surface area contributed by atoms with Gasteiger partial charge in [0.25, 0.3) is 0 Å². The van der Waals surface area contributed by atoms with Gasteiger partial charge in [0.15, 0.2) is 0 Å². The molecular weight excluding hydrogens is 190 g/mol. The highest BCUT2D eigenvalue weighted by Gasteiger charge is 2.19. The molecular formula is C12H17NO2. The van der Waals surface area contributed by atoms with Crippen molar-refractivity contribution in [1.82, 2.24) is 0 Å². The van der Waals surface area contributed by atoms with E-state index in [1.165, 1.54) is 16.7 Å². The minimum Gasteiger partial charge on any atom is -0.496 e. The van der Waals surface area contributed by atoms with E-state index in [-0.39, 0.29) is 6.04 Å². The number of hydrogen-bond acceptors (Lipinski definition) is 3. The molecule has 1 unspecified atom stereocenters. The third-order valence-corrected chi connectivity index (χ3v) is 2.74. The molecule has 0 spiro atoms. The van der Waals surface area contributed by atoms with E-state index in [4.69, 9.17) is 15.2 Å². The van der Waals surface area contributed by atoms with Gasteiger partial charge in [-0.2, -0.15) is 0 Å². The highest BCUT2D eigenvalue weighted by molar-refractivity contribution is 5.46. The fraction of sp³-hybridized carbons (Fsp3) is 0.500. The Morgan fingerprint density at radius 2 is 2.27 bits per heavy atom. The largest absolute Gasteiger partial charge is 0.496 e. The predicted octanol–water partition coefficient (Wildman–Crippen LogP) is 1.62. The SMILES string of the molecule is COc1ccc2c(c1CC(C)N)COC2. The lowest BCUT2D eigenvalue weighted by Crippen LogP contribution is -2.19. The number of methoxy groups -OCH3 is 1. The minimum atomic E-state index is 0.144. The summed E-state index contributed by atoms with van der Waals surface area (Å²) in [5, 5.41) is 0. The standard InChI is InChI=1S/C12H17NO2/c1-8(13)5-10-11-7-15-6-9(11)3-4-12(10)14-2/h3-4,8H,5-7,13H2,1-2H3. The first kappa shape index (κ1) is 10.5. The zero-order chi connectivity index (χ0) is 10.8. The number of rotatable bonds is 3. The zero-order valence-electron chi connectivity index (χ0n) is 9.25. The summed E-state index contributed by atoms with van der Waals surface area (Å²) >= 11 is 0. The van der Waals surface area contributed by atoms with Crippen molar-refractivity contribution in [3.05, 3.63) is 28.8 Å². The molecule has 0 aliphatic carbocycles. The summed E-state index contributed by atoms with van der Waals surface area (Å²) in [6.45, 7) is 3.41. The number of nitrogens with two attached hydrogens (primary N) is 1. The first-order valence-corrected chi connectivity index (χ1v) is 5.23. The maximum absolute atomic E-state index is 5.85. The van der Waals surface area contributed by atoms with Crippen LogP contribution in [0.2, 0.25) is 0 Å². The molecule has 1 aromatic rings. The highest BCUT2D eigenvalue weighted by Crippen LogP contribution is 2.31. The van der Waals surface area contributed by atoms with E-state index in [1.807, 2.05) is 13.0 Å². The zero-order valence-corrected chi connectivity index (χ0v) is 9.25. The molecule has 0 fully saturated rings. The molecule has 0 bridgehead atoms. The fourth-order valence-electron chi connectivity index (χ4n) is 2.04. The van der Waals surface area contributed by atoms with E-state index in [9.17, 15) is 0 Å². The van der Waals surface area contributed by atoms with Gasteiger partial charge in [-0.1, -0.05) is 6.07 Å². The molecule has 1 atom stereocenters. The van der Waals surface area contributed by atoms with Crippen LogP contribution in [0.5, 0.6) is 5.75 Å². The van der Waals surface area contributed by atoms with Gasteiger partial charge in [0.1, 0.15) is 5.75 Å². The maximum Gasteiger partial charge on any atom is 0.122 e. The Balaban J connectivity index is 2.42. The molecule has 15 heavy (non-hydrogen) atoms. The van der Waals surface area contributed by atoms with Crippen molar-refractivity contribution in [3.63, 3.8) is 0 Å². The molecule has 82 valence electrons. The van der Waals surface area contributed by atoms with Crippen LogP contribution < -0.4 is 10.5 Å². The van der Waals surface area contributed by atoms with Gasteiger partial charge in [-0.15, -0.1) is 0 Å². The molecule has 0 radical (unpaired) electrons. The van der Waals surface area contributed by atoms with Crippen molar-refractivity contribution in [2.24, 2.45) is 5.73 Å². The summed E-state index contributed by atoms with van der Waals surface area (Å²) in [5.74, 6) is 0.927. The van der Waals surface area contributed by atoms with Crippen LogP contribution in [0.1, 0.15) is 23.6 Å². The van der Waals surface area contributed by atoms with Crippen LogP contribution in [0.3, 0.4) is 0 Å². The number of benzene rings is 1. The van der Waals surface area contributed by atoms with E-state index >= 15 is 0 Å². The molecule has 1 aromatic carbocycles. The van der Waals surface area contributed by atoms with Gasteiger partial charge in [0, 0.05) is 11.6 Å². The van der Waals surface area contributed by atoms with Crippen LogP contribution in [0.15, 0.2) is 12.1 Å². The van der Waals surface area contributed by atoms with Crippen molar-refractivity contribution in [2.45, 2.75) is 32.6 Å². The van der Waals surface area contributed by atoms with Crippen molar-refractivity contribution >= 4 is 0 Å². The molecule has 3 nitrogen and oxygen atoms in total. The lowest BCUT2D eigenvalue weighted by Gasteiger charge is -2.14. The number of ether oxygens (including phenoxy) is 2. The second-order valence-electron chi connectivity index (χ2n) is 4.06. The van der Waals surface area contributed by atoms with Gasteiger partial charge < -0.3 is 15.2 Å². The summed E-state index contributed by atoms with van der Waals surface area (Å²) in [5.41, 5.74) is 9.60. The quantitative estimate of drug-likeness (QED) is 0.819. The van der Waals surface area contributed by atoms with Crippen LogP contribution in [0, 0.1) is 0 Å². The van der Waals surface area contributed by atoms with Crippen molar-refractivity contribution in [3.8, 4) is 5.75 Å². The van der Waals surface area contributed by atoms with Gasteiger partial charge in [-0.05, 0) is 30.5 Å². The average Bonchev–Trinajstić information content (AvgIpc) is 2.65. The molecule has 0 amide bonds. The molecule has 0 aromatic heterocycles. The van der Waals surface area contributed by atoms with E-state index in [0.29, 0.717) is 13.2 Å². The van der Waals surface area contributed by atoms with Crippen LogP contribution in [0.25, 0.3) is 0 Å². The number of hydrogen-bond donors (Lipinski definition) is 1. The Kier molecular flexibility index (Phi) is 2.93. The van der Waals surface area contributed by atoms with Gasteiger partial charge in [0.05, 0.1) is 20.3 Å². The minimum absolute atomic E-state index is 0.144. The maximum atomic E-state index is 5.85. The molecule has 2 rings (SSSR count). The van der Waals surface area contributed by atoms with Gasteiger partial charge >= 0.3 is 0 Å². The van der Waals surface area contributed by atoms with Crippen molar-refractivity contribution in [2.75, 3.05) is 7.11 Å². The van der Waals surface area contributed by atoms with E-state index in [0.717, 1.165) is 12.2 Å². The Hall–Kier alpha value is -1.06. The fourth-order valence-corrected chi connectivity index (χ4v) is 2.04.